The van der Waals surface area contributed by atoms with Crippen molar-refractivity contribution in [2.45, 2.75) is 0 Å². The van der Waals surface area contributed by atoms with Crippen LogP contribution in [0.5, 0.6) is 0 Å². The molecular weight excluding hydrogens is 341 g/mol. The Morgan fingerprint density at radius 2 is 1.00 bits per heavy atom. The summed E-state index contributed by atoms with van der Waals surface area (Å²) >= 11 is 0. The fraction of sp³-hybridized carbons (Fsp3) is 0. The topological polar surface area (TPSA) is 31.5 Å². The van der Waals surface area contributed by atoms with Gasteiger partial charge in [0.15, 0.2) is 0 Å². The number of hydrogen-bond acceptors (Lipinski definition) is 0. The van der Waals surface area contributed by atoms with Gasteiger partial charge in [-0.3, -0.25) is 0 Å². The van der Waals surface area contributed by atoms with Crippen LogP contribution in [0.15, 0.2) is 0 Å². The maximum atomic E-state index is 0. The van der Waals surface area contributed by atoms with E-state index in [2.05, 4.69) is 0 Å². The third-order valence-corrected chi connectivity index (χ3v) is 0. The maximum Gasteiger partial charge on any atom is 0.316 e. The first kappa shape index (κ1) is 31.5. The summed E-state index contributed by atoms with van der Waals surface area (Å²) in [7, 11) is 0. The van der Waals surface area contributed by atoms with Gasteiger partial charge in [0, 0.05) is 26.2 Å². The Bertz CT molecular complexity index is 8.00. The second-order valence-corrected chi connectivity index (χ2v) is 0. The van der Waals surface area contributed by atoms with E-state index >= 15 is 0 Å². The monoisotopic (exact) mass is 346 g/mol. The van der Waals surface area contributed by atoms with Gasteiger partial charge in [0.2, 0.25) is 0 Å². The van der Waals surface area contributed by atoms with E-state index in [9.17, 15) is 0 Å². The molecule has 0 heterocycles. The van der Waals surface area contributed by atoms with Crippen LogP contribution in [0.25, 0.3) is 0 Å². The SMILES string of the molecule is O.[BiH3].[MgH2].[Zr]. The van der Waals surface area contributed by atoms with Crippen LogP contribution in [0, 0.1) is 0 Å². The molecule has 0 unspecified atom stereocenters. The smallest absolute Gasteiger partial charge is 0 e. The summed E-state index contributed by atoms with van der Waals surface area (Å²) in [6.45, 7) is 0. The van der Waals surface area contributed by atoms with Crippen LogP contribution in [0.2, 0.25) is 0 Å². The van der Waals surface area contributed by atoms with Crippen LogP contribution in [0.3, 0.4) is 0 Å². The largest absolute Gasteiger partial charge is 0.316 e. The van der Waals surface area contributed by atoms with Gasteiger partial charge in [-0.25, -0.2) is 0 Å². The van der Waals surface area contributed by atoms with Gasteiger partial charge in [0.25, 0.3) is 0 Å². The molecule has 0 bridgehead atoms. The van der Waals surface area contributed by atoms with Gasteiger partial charge in [-0.1, -0.05) is 0 Å². The number of hydrogen-bond donors (Lipinski definition) is 0. The molecule has 0 amide bonds. The van der Waals surface area contributed by atoms with E-state index < -0.39 is 0 Å². The molecule has 0 radical (unpaired) electrons. The first-order valence-electron chi connectivity index (χ1n) is 0. The molecule has 24 valence electrons. The molecular formula is H7BiMgOZr. The second-order valence-electron chi connectivity index (χ2n) is 0. The molecule has 1 nitrogen and oxygen atoms in total. The molecule has 0 aromatic carbocycles. The quantitative estimate of drug-likeness (QED) is 0.421. The van der Waals surface area contributed by atoms with Crippen LogP contribution in [0.4, 0.5) is 0 Å². The van der Waals surface area contributed by atoms with Gasteiger partial charge in [-0.05, 0) is 0 Å². The Hall–Kier alpha value is 2.49. The summed E-state index contributed by atoms with van der Waals surface area (Å²) in [5.74, 6) is 0. The third kappa shape index (κ3) is 8.82. The zero-order valence-electron chi connectivity index (χ0n) is 1.71. The van der Waals surface area contributed by atoms with E-state index in [1.807, 2.05) is 0 Å². The Labute approximate surface area is 79.6 Å². The molecule has 4 heteroatoms. The van der Waals surface area contributed by atoms with Crippen molar-refractivity contribution < 1.29 is 31.7 Å². The Kier molecular flexibility index (Phi) is 141. The van der Waals surface area contributed by atoms with Crippen molar-refractivity contribution in [1.29, 1.82) is 0 Å². The van der Waals surface area contributed by atoms with Crippen LogP contribution < -0.4 is 0 Å². The summed E-state index contributed by atoms with van der Waals surface area (Å²) in [5, 5.41) is 0. The van der Waals surface area contributed by atoms with Gasteiger partial charge in [0.1, 0.15) is 0 Å². The van der Waals surface area contributed by atoms with Crippen LogP contribution in [0.1, 0.15) is 0 Å². The second kappa shape index (κ2) is 17.8. The number of rotatable bonds is 0. The molecule has 0 aliphatic heterocycles. The normalized spacial score (nSPS) is 0. The maximum absolute atomic E-state index is 0. The van der Waals surface area contributed by atoms with Gasteiger partial charge >= 0.3 is 49.3 Å². The third-order valence-electron chi connectivity index (χ3n) is 0. The molecule has 0 fully saturated rings. The molecule has 0 saturated heterocycles. The van der Waals surface area contributed by atoms with E-state index in [4.69, 9.17) is 0 Å². The van der Waals surface area contributed by atoms with Gasteiger partial charge in [-0.15, -0.1) is 0 Å². The van der Waals surface area contributed by atoms with E-state index in [0.717, 1.165) is 0 Å². The van der Waals surface area contributed by atoms with Crippen molar-refractivity contribution >= 4 is 49.3 Å². The van der Waals surface area contributed by atoms with Crippen molar-refractivity contribution in [1.82, 2.24) is 0 Å². The zero-order valence-corrected chi connectivity index (χ0v) is 9.66. The van der Waals surface area contributed by atoms with E-state index in [1.165, 1.54) is 0 Å². The van der Waals surface area contributed by atoms with Crippen molar-refractivity contribution in [2.75, 3.05) is 0 Å². The molecule has 0 aromatic rings. The van der Waals surface area contributed by atoms with Gasteiger partial charge in [0.05, 0.1) is 0 Å². The van der Waals surface area contributed by atoms with Crippen LogP contribution >= 0.6 is 0 Å². The van der Waals surface area contributed by atoms with Crippen LogP contribution in [-0.4, -0.2) is 54.7 Å². The molecule has 2 N–H and O–H groups in total. The standard InChI is InChI=1S/Bi.Mg.H2O.Zr.5H/h;;1H2;;;;;;. The van der Waals surface area contributed by atoms with E-state index in [-0.39, 0.29) is 80.9 Å². The molecule has 0 aliphatic carbocycles. The summed E-state index contributed by atoms with van der Waals surface area (Å²) in [6.07, 6.45) is 0. The van der Waals surface area contributed by atoms with Crippen LogP contribution in [-0.2, 0) is 26.2 Å². The minimum atomic E-state index is 0. The Balaban J connectivity index is 0. The summed E-state index contributed by atoms with van der Waals surface area (Å²) < 4.78 is 0. The summed E-state index contributed by atoms with van der Waals surface area (Å²) in [4.78, 5) is 0. The Morgan fingerprint density at radius 1 is 1.00 bits per heavy atom. The predicted octanol–water partition coefficient (Wildman–Crippen LogP) is -2.93. The van der Waals surface area contributed by atoms with Gasteiger partial charge < -0.3 is 5.48 Å². The summed E-state index contributed by atoms with van der Waals surface area (Å²) in [5.41, 5.74) is 0. The van der Waals surface area contributed by atoms with E-state index in [1.54, 1.807) is 0 Å². The van der Waals surface area contributed by atoms with Gasteiger partial charge in [-0.2, -0.15) is 0 Å². The summed E-state index contributed by atoms with van der Waals surface area (Å²) in [6, 6.07) is 0. The molecule has 4 heavy (non-hydrogen) atoms. The van der Waals surface area contributed by atoms with Crippen molar-refractivity contribution in [3.63, 3.8) is 0 Å². The first-order chi connectivity index (χ1) is 0. The minimum absolute atomic E-state index is 0. The molecule has 0 rings (SSSR count). The molecule has 0 saturated carbocycles. The minimum Gasteiger partial charge on any atom is 0 e. The zero-order chi connectivity index (χ0) is 0. The predicted molar refractivity (Wildman–Crippen MR) is 22.1 cm³/mol. The Morgan fingerprint density at radius 3 is 1.00 bits per heavy atom. The average Bonchev–Trinajstić information content (AvgIpc) is 0. The van der Waals surface area contributed by atoms with Crippen molar-refractivity contribution in [3.05, 3.63) is 0 Å². The van der Waals surface area contributed by atoms with E-state index in [0.29, 0.717) is 0 Å². The first-order valence-corrected chi connectivity index (χ1v) is 0. The fourth-order valence-corrected chi connectivity index (χ4v) is 0. The molecule has 0 aliphatic rings. The fourth-order valence-electron chi connectivity index (χ4n) is 0. The molecule has 0 atom stereocenters. The average molecular weight is 348 g/mol. The van der Waals surface area contributed by atoms with Crippen molar-refractivity contribution in [2.24, 2.45) is 0 Å². The van der Waals surface area contributed by atoms with Crippen molar-refractivity contribution in [3.8, 4) is 0 Å². The molecule has 0 aromatic heterocycles. The molecule has 0 spiro atoms.